The number of ether oxygens (including phenoxy) is 1. The number of benzene rings is 1. The molecule has 1 aliphatic rings. The van der Waals surface area contributed by atoms with Crippen LogP contribution in [0.2, 0.25) is 0 Å². The first-order valence-corrected chi connectivity index (χ1v) is 10.6. The van der Waals surface area contributed by atoms with Crippen LogP contribution in [0.4, 0.5) is 16.2 Å². The molecule has 3 aromatic rings. The predicted octanol–water partition coefficient (Wildman–Crippen LogP) is 5.73. The monoisotopic (exact) mass is 406 g/mol. The molecule has 1 fully saturated rings. The molecule has 0 unspecified atom stereocenters. The second-order valence-corrected chi connectivity index (χ2v) is 9.06. The Labute approximate surface area is 177 Å². The van der Waals surface area contributed by atoms with Crippen LogP contribution >= 0.6 is 0 Å². The molecule has 2 aromatic heterocycles. The van der Waals surface area contributed by atoms with Crippen molar-refractivity contribution in [3.8, 4) is 0 Å². The van der Waals surface area contributed by atoms with Crippen molar-refractivity contribution in [2.45, 2.75) is 52.1 Å². The van der Waals surface area contributed by atoms with E-state index in [9.17, 15) is 4.79 Å². The average molecular weight is 407 g/mol. The Hall–Kier alpha value is -3.02. The third-order valence-corrected chi connectivity index (χ3v) is 5.50. The van der Waals surface area contributed by atoms with E-state index in [2.05, 4.69) is 39.7 Å². The summed E-state index contributed by atoms with van der Waals surface area (Å²) in [5.74, 6) is 0.442. The van der Waals surface area contributed by atoms with Gasteiger partial charge in [-0.15, -0.1) is 0 Å². The number of nitrogens with zero attached hydrogens (tertiary/aromatic N) is 2. The lowest BCUT2D eigenvalue weighted by atomic mass is 9.89. The smallest absolute Gasteiger partial charge is 0.410 e. The molecule has 1 aromatic carbocycles. The van der Waals surface area contributed by atoms with Crippen LogP contribution in [0.15, 0.2) is 42.7 Å². The molecular formula is C24H30N4O2. The van der Waals surface area contributed by atoms with E-state index in [4.69, 9.17) is 4.74 Å². The fourth-order valence-electron chi connectivity index (χ4n) is 3.97. The summed E-state index contributed by atoms with van der Waals surface area (Å²) in [4.78, 5) is 21.9. The van der Waals surface area contributed by atoms with Gasteiger partial charge in [0.15, 0.2) is 0 Å². The van der Waals surface area contributed by atoms with Crippen LogP contribution in [0.25, 0.3) is 10.9 Å². The molecule has 0 bridgehead atoms. The molecule has 1 saturated heterocycles. The zero-order valence-electron chi connectivity index (χ0n) is 18.2. The summed E-state index contributed by atoms with van der Waals surface area (Å²) in [6, 6.07) is 10.4. The molecule has 0 atom stereocenters. The molecule has 6 heteroatoms. The van der Waals surface area contributed by atoms with E-state index < -0.39 is 5.60 Å². The third-order valence-electron chi connectivity index (χ3n) is 5.50. The molecule has 158 valence electrons. The quantitative estimate of drug-likeness (QED) is 0.583. The molecule has 30 heavy (non-hydrogen) atoms. The highest BCUT2D eigenvalue weighted by molar-refractivity contribution is 5.87. The number of aromatic nitrogens is 2. The van der Waals surface area contributed by atoms with Gasteiger partial charge >= 0.3 is 6.09 Å². The molecule has 6 nitrogen and oxygen atoms in total. The Bertz CT molecular complexity index is 1030. The summed E-state index contributed by atoms with van der Waals surface area (Å²) in [6.07, 6.45) is 5.65. The summed E-state index contributed by atoms with van der Waals surface area (Å²) in [7, 11) is 0. The number of H-pyrrole nitrogens is 1. The minimum Gasteiger partial charge on any atom is -0.444 e. The van der Waals surface area contributed by atoms with Crippen molar-refractivity contribution in [3.05, 3.63) is 54.0 Å². The highest BCUT2D eigenvalue weighted by atomic mass is 16.6. The van der Waals surface area contributed by atoms with Gasteiger partial charge in [0, 0.05) is 41.6 Å². The van der Waals surface area contributed by atoms with Crippen molar-refractivity contribution >= 4 is 28.4 Å². The molecule has 1 amide bonds. The largest absolute Gasteiger partial charge is 0.444 e. The van der Waals surface area contributed by atoms with Crippen molar-refractivity contribution < 1.29 is 9.53 Å². The van der Waals surface area contributed by atoms with Crippen molar-refractivity contribution in [2.75, 3.05) is 18.4 Å². The number of pyridine rings is 1. The first-order chi connectivity index (χ1) is 14.3. The van der Waals surface area contributed by atoms with Crippen molar-refractivity contribution in [1.29, 1.82) is 0 Å². The lowest BCUT2D eigenvalue weighted by molar-refractivity contribution is 0.0205. The van der Waals surface area contributed by atoms with Gasteiger partial charge in [-0.2, -0.15) is 0 Å². The Morgan fingerprint density at radius 3 is 2.57 bits per heavy atom. The van der Waals surface area contributed by atoms with Gasteiger partial charge in [-0.05, 0) is 76.3 Å². The molecule has 4 rings (SSSR count). The number of amides is 1. The average Bonchev–Trinajstić information content (AvgIpc) is 3.12. The molecule has 3 heterocycles. The van der Waals surface area contributed by atoms with Gasteiger partial charge in [0.2, 0.25) is 0 Å². The van der Waals surface area contributed by atoms with Gasteiger partial charge in [0.25, 0.3) is 0 Å². The second kappa shape index (κ2) is 8.01. The Balaban J connectivity index is 1.43. The van der Waals surface area contributed by atoms with E-state index in [1.807, 2.05) is 50.9 Å². The van der Waals surface area contributed by atoms with E-state index >= 15 is 0 Å². The maximum atomic E-state index is 12.3. The number of rotatable bonds is 3. The number of hydrogen-bond acceptors (Lipinski definition) is 4. The number of carbonyl (C=O) groups excluding carboxylic acids is 1. The van der Waals surface area contributed by atoms with E-state index in [0.717, 1.165) is 48.5 Å². The van der Waals surface area contributed by atoms with E-state index in [-0.39, 0.29) is 6.09 Å². The Morgan fingerprint density at radius 1 is 1.17 bits per heavy atom. The molecule has 0 saturated carbocycles. The van der Waals surface area contributed by atoms with Crippen LogP contribution in [0.1, 0.15) is 50.8 Å². The maximum Gasteiger partial charge on any atom is 0.410 e. The van der Waals surface area contributed by atoms with Gasteiger partial charge < -0.3 is 19.9 Å². The number of carbonyl (C=O) groups is 1. The Kier molecular flexibility index (Phi) is 5.41. The molecule has 0 aliphatic carbocycles. The highest BCUT2D eigenvalue weighted by Crippen LogP contribution is 2.34. The molecule has 1 aliphatic heterocycles. The van der Waals surface area contributed by atoms with E-state index in [0.29, 0.717) is 5.92 Å². The number of fused-ring (bicyclic) bond motifs is 1. The summed E-state index contributed by atoms with van der Waals surface area (Å²) >= 11 is 0. The SMILES string of the molecule is Cc1ccc(Nc2ccc3c(C4CCN(C(=O)OC(C)(C)C)CC4)c[nH]c3c2)cn1. The number of nitrogens with one attached hydrogen (secondary N) is 2. The standard InChI is InChI=1S/C24H30N4O2/c1-16-5-6-19(14-25-16)27-18-7-8-20-21(15-26-22(20)13-18)17-9-11-28(12-10-17)23(29)30-24(2,3)4/h5-8,13-15,17,26-27H,9-12H2,1-4H3. The van der Waals surface area contributed by atoms with Gasteiger partial charge in [-0.1, -0.05) is 6.07 Å². The van der Waals surface area contributed by atoms with Crippen molar-refractivity contribution in [2.24, 2.45) is 0 Å². The zero-order valence-corrected chi connectivity index (χ0v) is 18.2. The van der Waals surface area contributed by atoms with E-state index in [1.165, 1.54) is 10.9 Å². The fraction of sp³-hybridized carbons (Fsp3) is 0.417. The van der Waals surface area contributed by atoms with Crippen LogP contribution in [0.3, 0.4) is 0 Å². The van der Waals surface area contributed by atoms with Gasteiger partial charge in [0.05, 0.1) is 11.9 Å². The maximum absolute atomic E-state index is 12.3. The van der Waals surface area contributed by atoms with Crippen LogP contribution in [0.5, 0.6) is 0 Å². The number of likely N-dealkylation sites (tertiary alicyclic amines) is 1. The van der Waals surface area contributed by atoms with Crippen LogP contribution in [-0.4, -0.2) is 39.7 Å². The van der Waals surface area contributed by atoms with Crippen molar-refractivity contribution in [1.82, 2.24) is 14.9 Å². The van der Waals surface area contributed by atoms with Crippen LogP contribution in [-0.2, 0) is 4.74 Å². The molecule has 0 spiro atoms. The minimum atomic E-state index is -0.453. The highest BCUT2D eigenvalue weighted by Gasteiger charge is 2.28. The first-order valence-electron chi connectivity index (χ1n) is 10.6. The minimum absolute atomic E-state index is 0.207. The summed E-state index contributed by atoms with van der Waals surface area (Å²) in [5.41, 5.74) is 5.00. The number of anilines is 2. The van der Waals surface area contributed by atoms with E-state index in [1.54, 1.807) is 0 Å². The number of aromatic amines is 1. The van der Waals surface area contributed by atoms with Gasteiger partial charge in [0.1, 0.15) is 5.60 Å². The lowest BCUT2D eigenvalue weighted by Gasteiger charge is -2.33. The zero-order chi connectivity index (χ0) is 21.3. The molecular weight excluding hydrogens is 376 g/mol. The summed E-state index contributed by atoms with van der Waals surface area (Å²) in [5, 5.41) is 4.66. The number of hydrogen-bond donors (Lipinski definition) is 2. The van der Waals surface area contributed by atoms with Crippen LogP contribution < -0.4 is 5.32 Å². The topological polar surface area (TPSA) is 70.2 Å². The molecule has 2 N–H and O–H groups in total. The fourth-order valence-corrected chi connectivity index (χ4v) is 3.97. The predicted molar refractivity (Wildman–Crippen MR) is 120 cm³/mol. The van der Waals surface area contributed by atoms with Crippen molar-refractivity contribution in [3.63, 3.8) is 0 Å². The van der Waals surface area contributed by atoms with Crippen LogP contribution in [0, 0.1) is 6.92 Å². The molecule has 0 radical (unpaired) electrons. The van der Waals surface area contributed by atoms with Gasteiger partial charge in [-0.25, -0.2) is 4.79 Å². The summed E-state index contributed by atoms with van der Waals surface area (Å²) in [6.45, 7) is 9.15. The number of aryl methyl sites for hydroxylation is 1. The normalized spacial score (nSPS) is 15.4. The Morgan fingerprint density at radius 2 is 1.90 bits per heavy atom. The summed E-state index contributed by atoms with van der Waals surface area (Å²) < 4.78 is 5.51. The number of piperidine rings is 1. The lowest BCUT2D eigenvalue weighted by Crippen LogP contribution is -2.41. The van der Waals surface area contributed by atoms with Gasteiger partial charge in [-0.3, -0.25) is 4.98 Å². The second-order valence-electron chi connectivity index (χ2n) is 9.06. The third kappa shape index (κ3) is 4.58. The first kappa shape index (κ1) is 20.3.